The van der Waals surface area contributed by atoms with Gasteiger partial charge in [-0.25, -0.2) is 4.39 Å². The van der Waals surface area contributed by atoms with Crippen molar-refractivity contribution >= 4 is 23.2 Å². The number of carbonyl (C=O) groups excluding carboxylic acids is 1. The summed E-state index contributed by atoms with van der Waals surface area (Å²) >= 11 is 6.19. The van der Waals surface area contributed by atoms with E-state index in [2.05, 4.69) is 5.32 Å². The zero-order chi connectivity index (χ0) is 14.2. The molecular formula is C16H13ClFNO. The van der Waals surface area contributed by atoms with E-state index in [1.807, 2.05) is 18.2 Å². The maximum atomic E-state index is 12.9. The number of benzene rings is 2. The zero-order valence-electron chi connectivity index (χ0n) is 10.7. The fourth-order valence-electron chi connectivity index (χ4n) is 2.38. The lowest BCUT2D eigenvalue weighted by molar-refractivity contribution is -0.118. The van der Waals surface area contributed by atoms with Gasteiger partial charge < -0.3 is 5.32 Å². The minimum absolute atomic E-state index is 0.0859. The second-order valence-corrected chi connectivity index (χ2v) is 5.43. The number of rotatable bonds is 3. The standard InChI is InChI=1S/C16H13ClFNO/c17-14-4-2-1-3-13(14)16(9-10-16)15(20)19-12-7-5-11(18)6-8-12/h1-8H,9-10H2,(H,19,20). The van der Waals surface area contributed by atoms with Crippen molar-refractivity contribution in [3.63, 3.8) is 0 Å². The molecule has 1 saturated carbocycles. The van der Waals surface area contributed by atoms with Gasteiger partial charge in [-0.3, -0.25) is 4.79 Å². The van der Waals surface area contributed by atoms with Gasteiger partial charge in [0.2, 0.25) is 5.91 Å². The molecule has 0 aromatic heterocycles. The molecule has 0 bridgehead atoms. The predicted octanol–water partition coefficient (Wildman–Crippen LogP) is 4.15. The summed E-state index contributed by atoms with van der Waals surface area (Å²) in [6.07, 6.45) is 1.56. The summed E-state index contributed by atoms with van der Waals surface area (Å²) in [7, 11) is 0. The van der Waals surface area contributed by atoms with Crippen molar-refractivity contribution in [1.29, 1.82) is 0 Å². The first-order chi connectivity index (χ1) is 9.62. The number of halogens is 2. The maximum absolute atomic E-state index is 12.9. The molecule has 2 nitrogen and oxygen atoms in total. The Morgan fingerprint density at radius 2 is 1.75 bits per heavy atom. The molecule has 1 amide bonds. The number of carbonyl (C=O) groups is 1. The van der Waals surface area contributed by atoms with E-state index >= 15 is 0 Å². The van der Waals surface area contributed by atoms with Gasteiger partial charge in [0.05, 0.1) is 5.41 Å². The molecule has 0 radical (unpaired) electrons. The van der Waals surface area contributed by atoms with Crippen molar-refractivity contribution in [3.05, 3.63) is 64.9 Å². The average Bonchev–Trinajstić information content (AvgIpc) is 3.23. The van der Waals surface area contributed by atoms with Gasteiger partial charge in [0.25, 0.3) is 0 Å². The Balaban J connectivity index is 1.84. The molecule has 0 spiro atoms. The minimum atomic E-state index is -0.535. The third-order valence-corrected chi connectivity index (χ3v) is 4.01. The molecular weight excluding hydrogens is 277 g/mol. The molecule has 1 aliphatic carbocycles. The normalized spacial score (nSPS) is 15.7. The van der Waals surface area contributed by atoms with Gasteiger partial charge in [-0.15, -0.1) is 0 Å². The Morgan fingerprint density at radius 3 is 2.35 bits per heavy atom. The monoisotopic (exact) mass is 289 g/mol. The van der Waals surface area contributed by atoms with Crippen molar-refractivity contribution in [2.45, 2.75) is 18.3 Å². The van der Waals surface area contributed by atoms with Crippen molar-refractivity contribution in [3.8, 4) is 0 Å². The van der Waals surface area contributed by atoms with E-state index in [1.165, 1.54) is 12.1 Å². The molecule has 102 valence electrons. The molecule has 0 saturated heterocycles. The SMILES string of the molecule is O=C(Nc1ccc(F)cc1)C1(c2ccccc2Cl)CC1. The Hall–Kier alpha value is -1.87. The molecule has 0 atom stereocenters. The quantitative estimate of drug-likeness (QED) is 0.903. The van der Waals surface area contributed by atoms with E-state index in [0.717, 1.165) is 18.4 Å². The summed E-state index contributed by atoms with van der Waals surface area (Å²) in [5, 5.41) is 3.44. The molecule has 2 aromatic carbocycles. The van der Waals surface area contributed by atoms with Crippen LogP contribution in [0.3, 0.4) is 0 Å². The van der Waals surface area contributed by atoms with Gasteiger partial charge in [-0.2, -0.15) is 0 Å². The third kappa shape index (κ3) is 2.29. The number of amides is 1. The van der Waals surface area contributed by atoms with Gasteiger partial charge in [-0.05, 0) is 48.7 Å². The van der Waals surface area contributed by atoms with Crippen LogP contribution >= 0.6 is 11.6 Å². The number of anilines is 1. The van der Waals surface area contributed by atoms with Gasteiger partial charge >= 0.3 is 0 Å². The Morgan fingerprint density at radius 1 is 1.10 bits per heavy atom. The van der Waals surface area contributed by atoms with Crippen LogP contribution in [0.4, 0.5) is 10.1 Å². The van der Waals surface area contributed by atoms with Crippen LogP contribution in [0.2, 0.25) is 5.02 Å². The van der Waals surface area contributed by atoms with Gasteiger partial charge in [0, 0.05) is 10.7 Å². The van der Waals surface area contributed by atoms with Crippen LogP contribution < -0.4 is 5.32 Å². The fourth-order valence-corrected chi connectivity index (χ4v) is 2.69. The third-order valence-electron chi connectivity index (χ3n) is 3.68. The van der Waals surface area contributed by atoms with E-state index in [-0.39, 0.29) is 11.7 Å². The Labute approximate surface area is 121 Å². The summed E-state index contributed by atoms with van der Waals surface area (Å²) in [5.41, 5.74) is 0.920. The predicted molar refractivity (Wildman–Crippen MR) is 77.4 cm³/mol. The highest BCUT2D eigenvalue weighted by Gasteiger charge is 2.52. The van der Waals surface area contributed by atoms with E-state index in [0.29, 0.717) is 10.7 Å². The largest absolute Gasteiger partial charge is 0.325 e. The lowest BCUT2D eigenvalue weighted by atomic mass is 9.95. The van der Waals surface area contributed by atoms with Crippen LogP contribution in [-0.4, -0.2) is 5.91 Å². The van der Waals surface area contributed by atoms with Crippen LogP contribution in [0.25, 0.3) is 0 Å². The topological polar surface area (TPSA) is 29.1 Å². The van der Waals surface area contributed by atoms with Gasteiger partial charge in [-0.1, -0.05) is 29.8 Å². The van der Waals surface area contributed by atoms with E-state index in [9.17, 15) is 9.18 Å². The van der Waals surface area contributed by atoms with E-state index < -0.39 is 5.41 Å². The van der Waals surface area contributed by atoms with Crippen molar-refractivity contribution < 1.29 is 9.18 Å². The number of hydrogen-bond donors (Lipinski definition) is 1. The first kappa shape index (κ1) is 13.1. The maximum Gasteiger partial charge on any atom is 0.235 e. The molecule has 3 rings (SSSR count). The molecule has 4 heteroatoms. The molecule has 1 fully saturated rings. The molecule has 0 aliphatic heterocycles. The highest BCUT2D eigenvalue weighted by Crippen LogP contribution is 2.51. The molecule has 0 heterocycles. The molecule has 0 unspecified atom stereocenters. The van der Waals surface area contributed by atoms with E-state index in [4.69, 9.17) is 11.6 Å². The minimum Gasteiger partial charge on any atom is -0.325 e. The fraction of sp³-hybridized carbons (Fsp3) is 0.188. The van der Waals surface area contributed by atoms with Crippen LogP contribution in [0.5, 0.6) is 0 Å². The Kier molecular flexibility index (Phi) is 3.22. The van der Waals surface area contributed by atoms with Gasteiger partial charge in [0.15, 0.2) is 0 Å². The summed E-state index contributed by atoms with van der Waals surface area (Å²) in [6.45, 7) is 0. The Bertz CT molecular complexity index is 650. The van der Waals surface area contributed by atoms with Crippen molar-refractivity contribution in [2.24, 2.45) is 0 Å². The van der Waals surface area contributed by atoms with Crippen molar-refractivity contribution in [1.82, 2.24) is 0 Å². The van der Waals surface area contributed by atoms with E-state index in [1.54, 1.807) is 18.2 Å². The molecule has 1 N–H and O–H groups in total. The first-order valence-electron chi connectivity index (χ1n) is 6.44. The first-order valence-corrected chi connectivity index (χ1v) is 6.82. The lowest BCUT2D eigenvalue weighted by Gasteiger charge is -2.17. The second-order valence-electron chi connectivity index (χ2n) is 5.02. The summed E-state index contributed by atoms with van der Waals surface area (Å²) in [5.74, 6) is -0.410. The smallest absolute Gasteiger partial charge is 0.235 e. The van der Waals surface area contributed by atoms with Crippen LogP contribution in [0.1, 0.15) is 18.4 Å². The highest BCUT2D eigenvalue weighted by molar-refractivity contribution is 6.32. The van der Waals surface area contributed by atoms with Crippen LogP contribution in [0, 0.1) is 5.82 Å². The van der Waals surface area contributed by atoms with Crippen LogP contribution in [-0.2, 0) is 10.2 Å². The lowest BCUT2D eigenvalue weighted by Crippen LogP contribution is -2.28. The summed E-state index contributed by atoms with van der Waals surface area (Å²) < 4.78 is 12.9. The van der Waals surface area contributed by atoms with Gasteiger partial charge in [0.1, 0.15) is 5.82 Å². The second kappa shape index (κ2) is 4.91. The zero-order valence-corrected chi connectivity index (χ0v) is 11.5. The van der Waals surface area contributed by atoms with Crippen LogP contribution in [0.15, 0.2) is 48.5 Å². The van der Waals surface area contributed by atoms with Crippen molar-refractivity contribution in [2.75, 3.05) is 5.32 Å². The number of nitrogens with one attached hydrogen (secondary N) is 1. The highest BCUT2D eigenvalue weighted by atomic mass is 35.5. The number of hydrogen-bond acceptors (Lipinski definition) is 1. The molecule has 2 aromatic rings. The molecule has 1 aliphatic rings. The summed E-state index contributed by atoms with van der Waals surface area (Å²) in [4.78, 5) is 12.5. The average molecular weight is 290 g/mol. The molecule has 20 heavy (non-hydrogen) atoms. The summed E-state index contributed by atoms with van der Waals surface area (Å²) in [6, 6.07) is 13.2.